The number of hydrogen-bond acceptors (Lipinski definition) is 3. The fraction of sp³-hybridized carbons (Fsp3) is 0.176. The molecule has 0 spiro atoms. The van der Waals surface area contributed by atoms with E-state index in [0.29, 0.717) is 21.5 Å². The topological polar surface area (TPSA) is 58.2 Å². The molecule has 2 N–H and O–H groups in total. The Morgan fingerprint density at radius 2 is 1.67 bits per heavy atom. The molecule has 0 aliphatic rings. The number of urea groups is 1. The maximum Gasteiger partial charge on any atom is 0.321 e. The van der Waals surface area contributed by atoms with Gasteiger partial charge in [-0.3, -0.25) is 10.1 Å². The third-order valence-electron chi connectivity index (χ3n) is 3.07. The van der Waals surface area contributed by atoms with Crippen LogP contribution in [0.1, 0.15) is 17.7 Å². The van der Waals surface area contributed by atoms with E-state index in [-0.39, 0.29) is 0 Å². The van der Waals surface area contributed by atoms with Gasteiger partial charge in [-0.1, -0.05) is 59.6 Å². The Morgan fingerprint density at radius 3 is 2.25 bits per heavy atom. The van der Waals surface area contributed by atoms with Crippen molar-refractivity contribution in [1.82, 2.24) is 10.6 Å². The molecule has 0 aromatic heterocycles. The third-order valence-corrected chi connectivity index (χ3v) is 5.32. The minimum Gasteiger partial charge on any atom is -0.338 e. The number of thioether (sulfide) groups is 1. The fourth-order valence-electron chi connectivity index (χ4n) is 2.00. The average molecular weight is 383 g/mol. The van der Waals surface area contributed by atoms with Crippen LogP contribution in [0.5, 0.6) is 0 Å². The van der Waals surface area contributed by atoms with Gasteiger partial charge in [-0.25, -0.2) is 4.79 Å². The van der Waals surface area contributed by atoms with Gasteiger partial charge in [0.15, 0.2) is 0 Å². The molecule has 24 heavy (non-hydrogen) atoms. The van der Waals surface area contributed by atoms with Crippen molar-refractivity contribution in [2.75, 3.05) is 6.54 Å². The summed E-state index contributed by atoms with van der Waals surface area (Å²) >= 11 is 13.6. The number of halogens is 2. The van der Waals surface area contributed by atoms with E-state index in [1.807, 2.05) is 30.3 Å². The highest BCUT2D eigenvalue weighted by atomic mass is 35.5. The Bertz CT molecular complexity index is 706. The van der Waals surface area contributed by atoms with E-state index >= 15 is 0 Å². The zero-order valence-electron chi connectivity index (χ0n) is 12.9. The number of hydrogen-bond donors (Lipinski definition) is 2. The van der Waals surface area contributed by atoms with Gasteiger partial charge in [0.1, 0.15) is 5.25 Å². The molecule has 0 saturated heterocycles. The summed E-state index contributed by atoms with van der Waals surface area (Å²) in [7, 11) is 0. The van der Waals surface area contributed by atoms with Crippen LogP contribution in [0.25, 0.3) is 0 Å². The van der Waals surface area contributed by atoms with E-state index in [0.717, 1.165) is 5.56 Å². The number of amides is 3. The van der Waals surface area contributed by atoms with E-state index in [9.17, 15) is 9.59 Å². The lowest BCUT2D eigenvalue weighted by Gasteiger charge is -2.18. The predicted molar refractivity (Wildman–Crippen MR) is 98.7 cm³/mol. The maximum absolute atomic E-state index is 12.6. The summed E-state index contributed by atoms with van der Waals surface area (Å²) in [5.41, 5.74) is 0.750. The molecule has 1 atom stereocenters. The summed E-state index contributed by atoms with van der Waals surface area (Å²) in [6.45, 7) is 2.20. The highest BCUT2D eigenvalue weighted by molar-refractivity contribution is 8.00. The lowest BCUT2D eigenvalue weighted by Crippen LogP contribution is -2.41. The first-order chi connectivity index (χ1) is 11.5. The number of carbonyl (C=O) groups excluding carboxylic acids is 2. The molecule has 4 nitrogen and oxygen atoms in total. The molecule has 0 aliphatic carbocycles. The highest BCUT2D eigenvalue weighted by Crippen LogP contribution is 2.42. The smallest absolute Gasteiger partial charge is 0.321 e. The first-order valence-electron chi connectivity index (χ1n) is 7.27. The molecular weight excluding hydrogens is 367 g/mol. The first kappa shape index (κ1) is 18.6. The van der Waals surface area contributed by atoms with Crippen molar-refractivity contribution in [3.05, 3.63) is 64.1 Å². The maximum atomic E-state index is 12.6. The Morgan fingerprint density at radius 1 is 1.04 bits per heavy atom. The van der Waals surface area contributed by atoms with Crippen LogP contribution in [0.3, 0.4) is 0 Å². The van der Waals surface area contributed by atoms with Gasteiger partial charge in [-0.2, -0.15) is 0 Å². The first-order valence-corrected chi connectivity index (χ1v) is 8.90. The zero-order valence-corrected chi connectivity index (χ0v) is 15.2. The molecule has 2 rings (SSSR count). The number of carbonyl (C=O) groups is 2. The number of nitrogens with one attached hydrogen (secondary N) is 2. The molecule has 2 aromatic rings. The van der Waals surface area contributed by atoms with Gasteiger partial charge in [-0.15, -0.1) is 11.8 Å². The van der Waals surface area contributed by atoms with E-state index in [1.165, 1.54) is 11.8 Å². The summed E-state index contributed by atoms with van der Waals surface area (Å²) in [5.74, 6) is -0.437. The SMILES string of the molecule is CCNC(=O)NC(=O)[C@H](Sc1c(Cl)cccc1Cl)c1ccccc1. The van der Waals surface area contributed by atoms with Gasteiger partial charge >= 0.3 is 6.03 Å². The van der Waals surface area contributed by atoms with Gasteiger partial charge in [0.05, 0.1) is 10.0 Å². The minimum absolute atomic E-state index is 0.429. The Labute approximate surface area is 154 Å². The van der Waals surface area contributed by atoms with E-state index < -0.39 is 17.2 Å². The van der Waals surface area contributed by atoms with Crippen LogP contribution in [-0.4, -0.2) is 18.5 Å². The van der Waals surface area contributed by atoms with Crippen molar-refractivity contribution in [1.29, 1.82) is 0 Å². The van der Waals surface area contributed by atoms with E-state index in [4.69, 9.17) is 23.2 Å². The summed E-state index contributed by atoms with van der Waals surface area (Å²) < 4.78 is 0. The Balaban J connectivity index is 2.30. The molecular formula is C17H16Cl2N2O2S. The molecule has 3 amide bonds. The van der Waals surface area contributed by atoms with Gasteiger partial charge in [0.2, 0.25) is 5.91 Å². The van der Waals surface area contributed by atoms with Crippen LogP contribution in [0, 0.1) is 0 Å². The quantitative estimate of drug-likeness (QED) is 0.738. The third kappa shape index (κ3) is 4.90. The molecule has 7 heteroatoms. The van der Waals surface area contributed by atoms with E-state index in [2.05, 4.69) is 10.6 Å². The van der Waals surface area contributed by atoms with Crippen molar-refractivity contribution in [2.24, 2.45) is 0 Å². The lowest BCUT2D eigenvalue weighted by molar-refractivity contribution is -0.119. The van der Waals surface area contributed by atoms with Crippen LogP contribution < -0.4 is 10.6 Å². The van der Waals surface area contributed by atoms with Gasteiger partial charge in [0.25, 0.3) is 0 Å². The Kier molecular flexibility index (Phi) is 6.97. The van der Waals surface area contributed by atoms with Crippen LogP contribution in [0.4, 0.5) is 4.79 Å². The van der Waals surface area contributed by atoms with Crippen molar-refractivity contribution < 1.29 is 9.59 Å². The lowest BCUT2D eigenvalue weighted by atomic mass is 10.1. The zero-order chi connectivity index (χ0) is 17.5. The van der Waals surface area contributed by atoms with Crippen molar-refractivity contribution in [3.63, 3.8) is 0 Å². The van der Waals surface area contributed by atoms with Gasteiger partial charge in [0, 0.05) is 11.4 Å². The van der Waals surface area contributed by atoms with Crippen molar-refractivity contribution in [2.45, 2.75) is 17.1 Å². The molecule has 0 saturated carbocycles. The molecule has 0 heterocycles. The second kappa shape index (κ2) is 8.97. The Hall–Kier alpha value is -1.69. The highest BCUT2D eigenvalue weighted by Gasteiger charge is 2.25. The molecule has 126 valence electrons. The second-order valence-corrected chi connectivity index (χ2v) is 6.74. The van der Waals surface area contributed by atoms with Crippen molar-refractivity contribution in [3.8, 4) is 0 Å². The summed E-state index contributed by atoms with van der Waals surface area (Å²) in [4.78, 5) is 24.8. The normalized spacial score (nSPS) is 11.6. The largest absolute Gasteiger partial charge is 0.338 e. The summed E-state index contributed by atoms with van der Waals surface area (Å²) in [5, 5.41) is 5.13. The number of benzene rings is 2. The number of rotatable bonds is 5. The monoisotopic (exact) mass is 382 g/mol. The second-order valence-electron chi connectivity index (χ2n) is 4.81. The van der Waals surface area contributed by atoms with Crippen LogP contribution in [0.15, 0.2) is 53.4 Å². The van der Waals surface area contributed by atoms with Gasteiger partial charge < -0.3 is 5.32 Å². The minimum atomic E-state index is -0.661. The summed E-state index contributed by atoms with van der Waals surface area (Å²) in [6.07, 6.45) is 0. The molecule has 0 bridgehead atoms. The molecule has 0 radical (unpaired) electrons. The molecule has 2 aromatic carbocycles. The van der Waals surface area contributed by atoms with E-state index in [1.54, 1.807) is 25.1 Å². The molecule has 0 aliphatic heterocycles. The predicted octanol–water partition coefficient (Wildman–Crippen LogP) is 4.67. The van der Waals surface area contributed by atoms with Crippen LogP contribution in [-0.2, 0) is 4.79 Å². The summed E-state index contributed by atoms with van der Waals surface area (Å²) in [6, 6.07) is 13.8. The fourth-order valence-corrected chi connectivity index (χ4v) is 3.72. The van der Waals surface area contributed by atoms with Crippen LogP contribution >= 0.6 is 35.0 Å². The van der Waals surface area contributed by atoms with Crippen molar-refractivity contribution >= 4 is 46.9 Å². The number of imide groups is 1. The molecule has 0 fully saturated rings. The average Bonchev–Trinajstić information content (AvgIpc) is 2.55. The van der Waals surface area contributed by atoms with Crippen LogP contribution in [0.2, 0.25) is 10.0 Å². The standard InChI is InChI=1S/C17H16Cl2N2O2S/c1-2-20-17(23)21-16(22)14(11-7-4-3-5-8-11)24-15-12(18)9-6-10-13(15)19/h3-10,14H,2H2,1H3,(H2,20,21,22,23)/t14-/m1/s1. The molecule has 0 unspecified atom stereocenters. The van der Waals surface area contributed by atoms with Gasteiger partial charge in [-0.05, 0) is 24.6 Å².